The first kappa shape index (κ1) is 13.8. The second kappa shape index (κ2) is 5.55. The lowest BCUT2D eigenvalue weighted by Crippen LogP contribution is -2.12. The summed E-state index contributed by atoms with van der Waals surface area (Å²) in [7, 11) is 1.42. The monoisotopic (exact) mass is 270 g/mol. The summed E-state index contributed by atoms with van der Waals surface area (Å²) in [4.78, 5) is 11.0. The van der Waals surface area contributed by atoms with Crippen molar-refractivity contribution >= 4 is 5.97 Å². The first-order valence-corrected chi connectivity index (χ1v) is 6.21. The molecule has 0 spiro atoms. The lowest BCUT2D eigenvalue weighted by Gasteiger charge is -2.21. The molecule has 0 aromatic heterocycles. The molecule has 1 aliphatic rings. The highest BCUT2D eigenvalue weighted by molar-refractivity contribution is 5.69. The number of rotatable bonds is 6. The van der Waals surface area contributed by atoms with Crippen LogP contribution in [0.5, 0.6) is 5.75 Å². The van der Waals surface area contributed by atoms with Gasteiger partial charge in [-0.15, -0.1) is 0 Å². The number of carbonyl (C=O) groups is 1. The molecule has 0 bridgehead atoms. The number of carboxylic acid groups (broad SMARTS) is 1. The van der Waals surface area contributed by atoms with Crippen LogP contribution in [0.3, 0.4) is 0 Å². The Bertz CT molecular complexity index is 470. The largest absolute Gasteiger partial charge is 0.496 e. The van der Waals surface area contributed by atoms with E-state index in [2.05, 4.69) is 0 Å². The van der Waals surface area contributed by atoms with Crippen molar-refractivity contribution in [3.63, 3.8) is 0 Å². The third-order valence-electron chi connectivity index (χ3n) is 3.51. The third-order valence-corrected chi connectivity index (χ3v) is 3.51. The van der Waals surface area contributed by atoms with Gasteiger partial charge in [0.25, 0.3) is 6.43 Å². The first-order chi connectivity index (χ1) is 9.04. The summed E-state index contributed by atoms with van der Waals surface area (Å²) in [5, 5.41) is 8.99. The number of ether oxygens (including phenoxy) is 1. The second-order valence-corrected chi connectivity index (χ2v) is 4.81. The lowest BCUT2D eigenvalue weighted by atomic mass is 9.87. The molecular formula is C14H16F2O3. The summed E-state index contributed by atoms with van der Waals surface area (Å²) < 4.78 is 31.4. The van der Waals surface area contributed by atoms with Crippen LogP contribution in [0.2, 0.25) is 0 Å². The number of aliphatic carboxylic acids is 1. The van der Waals surface area contributed by atoms with E-state index >= 15 is 0 Å². The van der Waals surface area contributed by atoms with Crippen molar-refractivity contribution in [1.29, 1.82) is 0 Å². The Morgan fingerprint density at radius 2 is 2.16 bits per heavy atom. The van der Waals surface area contributed by atoms with Gasteiger partial charge in [-0.25, -0.2) is 8.78 Å². The van der Waals surface area contributed by atoms with E-state index in [0.717, 1.165) is 12.8 Å². The van der Waals surface area contributed by atoms with Crippen LogP contribution in [-0.2, 0) is 4.79 Å². The van der Waals surface area contributed by atoms with Gasteiger partial charge in [0.05, 0.1) is 13.5 Å². The smallest absolute Gasteiger partial charge is 0.303 e. The van der Waals surface area contributed by atoms with Gasteiger partial charge in [-0.1, -0.05) is 12.1 Å². The van der Waals surface area contributed by atoms with Gasteiger partial charge in [-0.05, 0) is 24.8 Å². The molecule has 1 aliphatic carbocycles. The summed E-state index contributed by atoms with van der Waals surface area (Å²) in [5.41, 5.74) is 0.252. The van der Waals surface area contributed by atoms with E-state index in [-0.39, 0.29) is 17.9 Å². The van der Waals surface area contributed by atoms with Gasteiger partial charge in [-0.3, -0.25) is 4.79 Å². The summed E-state index contributed by atoms with van der Waals surface area (Å²) in [6.45, 7) is 0. The number of carboxylic acids is 1. The predicted molar refractivity (Wildman–Crippen MR) is 65.7 cm³/mol. The van der Waals surface area contributed by atoms with Crippen LogP contribution in [0, 0.1) is 5.92 Å². The van der Waals surface area contributed by atoms with Crippen LogP contribution in [0.4, 0.5) is 8.78 Å². The van der Waals surface area contributed by atoms with Crippen molar-refractivity contribution in [2.45, 2.75) is 31.6 Å². The van der Waals surface area contributed by atoms with Crippen LogP contribution >= 0.6 is 0 Å². The number of benzene rings is 1. The molecule has 1 fully saturated rings. The van der Waals surface area contributed by atoms with Gasteiger partial charge >= 0.3 is 5.97 Å². The molecule has 0 saturated heterocycles. The molecule has 0 heterocycles. The fourth-order valence-corrected chi connectivity index (χ4v) is 2.52. The van der Waals surface area contributed by atoms with Gasteiger partial charge in [0.15, 0.2) is 0 Å². The molecule has 1 atom stereocenters. The van der Waals surface area contributed by atoms with Gasteiger partial charge in [0.1, 0.15) is 5.75 Å². The number of hydrogen-bond acceptors (Lipinski definition) is 2. The molecule has 1 unspecified atom stereocenters. The molecule has 0 radical (unpaired) electrons. The summed E-state index contributed by atoms with van der Waals surface area (Å²) >= 11 is 0. The normalized spacial score (nSPS) is 16.4. The molecule has 2 rings (SSSR count). The summed E-state index contributed by atoms with van der Waals surface area (Å²) in [5.74, 6) is -0.832. The fourth-order valence-electron chi connectivity index (χ4n) is 2.52. The zero-order chi connectivity index (χ0) is 14.0. The minimum absolute atomic E-state index is 0.113. The molecule has 3 nitrogen and oxygen atoms in total. The van der Waals surface area contributed by atoms with Gasteiger partial charge in [-0.2, -0.15) is 0 Å². The highest BCUT2D eigenvalue weighted by atomic mass is 19.3. The van der Waals surface area contributed by atoms with E-state index in [1.807, 2.05) is 0 Å². The Balaban J connectivity index is 2.46. The molecule has 104 valence electrons. The van der Waals surface area contributed by atoms with E-state index in [1.54, 1.807) is 6.07 Å². The van der Waals surface area contributed by atoms with Crippen LogP contribution in [-0.4, -0.2) is 18.2 Å². The van der Waals surface area contributed by atoms with Gasteiger partial charge in [0.2, 0.25) is 0 Å². The van der Waals surface area contributed by atoms with E-state index in [0.29, 0.717) is 11.3 Å². The quantitative estimate of drug-likeness (QED) is 0.859. The minimum Gasteiger partial charge on any atom is -0.496 e. The number of alkyl halides is 2. The molecule has 0 amide bonds. The summed E-state index contributed by atoms with van der Waals surface area (Å²) in [6, 6.07) is 4.47. The third kappa shape index (κ3) is 3.03. The second-order valence-electron chi connectivity index (χ2n) is 4.81. The molecule has 1 aromatic rings. The maximum absolute atomic E-state index is 13.1. The number of halogens is 2. The number of methoxy groups -OCH3 is 1. The molecule has 19 heavy (non-hydrogen) atoms. The highest BCUT2D eigenvalue weighted by Gasteiger charge is 2.37. The van der Waals surface area contributed by atoms with Crippen LogP contribution in [0.25, 0.3) is 0 Å². The Morgan fingerprint density at radius 1 is 1.47 bits per heavy atom. The zero-order valence-corrected chi connectivity index (χ0v) is 10.6. The van der Waals surface area contributed by atoms with Crippen molar-refractivity contribution in [2.24, 2.45) is 5.92 Å². The van der Waals surface area contributed by atoms with Crippen molar-refractivity contribution in [2.75, 3.05) is 7.11 Å². The lowest BCUT2D eigenvalue weighted by molar-refractivity contribution is -0.137. The van der Waals surface area contributed by atoms with Gasteiger partial charge < -0.3 is 9.84 Å². The van der Waals surface area contributed by atoms with Crippen LogP contribution in [0.1, 0.15) is 42.7 Å². The Labute approximate surface area is 110 Å². The van der Waals surface area contributed by atoms with Crippen molar-refractivity contribution in [3.05, 3.63) is 29.3 Å². The minimum atomic E-state index is -2.62. The standard InChI is InChI=1S/C14H16F2O3/c1-19-11-4-2-3-9(14(15)16)13(11)10(7-12(17)18)8-5-6-8/h2-4,8,10,14H,5-7H2,1H3,(H,17,18). The van der Waals surface area contributed by atoms with E-state index in [4.69, 9.17) is 9.84 Å². The van der Waals surface area contributed by atoms with E-state index < -0.39 is 18.3 Å². The maximum atomic E-state index is 13.1. The van der Waals surface area contributed by atoms with Crippen molar-refractivity contribution < 1.29 is 23.4 Å². The fraction of sp³-hybridized carbons (Fsp3) is 0.500. The topological polar surface area (TPSA) is 46.5 Å². The van der Waals surface area contributed by atoms with Crippen LogP contribution in [0.15, 0.2) is 18.2 Å². The molecular weight excluding hydrogens is 254 g/mol. The average Bonchev–Trinajstić information content (AvgIpc) is 3.19. The Hall–Kier alpha value is -1.65. The Kier molecular flexibility index (Phi) is 4.02. The molecule has 1 saturated carbocycles. The molecule has 1 N–H and O–H groups in total. The maximum Gasteiger partial charge on any atom is 0.303 e. The molecule has 1 aromatic carbocycles. The highest BCUT2D eigenvalue weighted by Crippen LogP contribution is 2.49. The zero-order valence-electron chi connectivity index (χ0n) is 10.6. The van der Waals surface area contributed by atoms with Crippen molar-refractivity contribution in [1.82, 2.24) is 0 Å². The first-order valence-electron chi connectivity index (χ1n) is 6.21. The Morgan fingerprint density at radius 3 is 2.63 bits per heavy atom. The number of hydrogen-bond donors (Lipinski definition) is 1. The van der Waals surface area contributed by atoms with Gasteiger partial charge in [0, 0.05) is 17.0 Å². The van der Waals surface area contributed by atoms with E-state index in [1.165, 1.54) is 19.2 Å². The summed E-state index contributed by atoms with van der Waals surface area (Å²) in [6.07, 6.45) is -0.984. The SMILES string of the molecule is COc1cccc(C(F)F)c1C(CC(=O)O)C1CC1. The molecule has 5 heteroatoms. The van der Waals surface area contributed by atoms with E-state index in [9.17, 15) is 13.6 Å². The molecule has 0 aliphatic heterocycles. The van der Waals surface area contributed by atoms with Crippen molar-refractivity contribution in [3.8, 4) is 5.75 Å². The predicted octanol–water partition coefficient (Wildman–Crippen LogP) is 3.60. The average molecular weight is 270 g/mol. The van der Waals surface area contributed by atoms with Crippen LogP contribution < -0.4 is 4.74 Å².